The summed E-state index contributed by atoms with van der Waals surface area (Å²) >= 11 is 0. The number of benzene rings is 1. The van der Waals surface area contributed by atoms with E-state index < -0.39 is 0 Å². The second-order valence-electron chi connectivity index (χ2n) is 6.62. The Morgan fingerprint density at radius 1 is 1.14 bits per heavy atom. The van der Waals surface area contributed by atoms with Gasteiger partial charge in [-0.3, -0.25) is 14.6 Å². The number of amides is 1. The van der Waals surface area contributed by atoms with E-state index >= 15 is 0 Å². The Balaban J connectivity index is 1.91. The van der Waals surface area contributed by atoms with Crippen LogP contribution in [0.2, 0.25) is 0 Å². The summed E-state index contributed by atoms with van der Waals surface area (Å²) in [6, 6.07) is 9.09. The SMILES string of the molecule is CC(C)N(CC(N)=O)Cc1ccc(CN2CCCCC2)cc1. The fourth-order valence-electron chi connectivity index (χ4n) is 2.98. The largest absolute Gasteiger partial charge is 0.369 e. The quantitative estimate of drug-likeness (QED) is 0.841. The Labute approximate surface area is 134 Å². The fraction of sp³-hybridized carbons (Fsp3) is 0.611. The van der Waals surface area contributed by atoms with Gasteiger partial charge < -0.3 is 5.73 Å². The van der Waals surface area contributed by atoms with Gasteiger partial charge in [0.1, 0.15) is 0 Å². The summed E-state index contributed by atoms with van der Waals surface area (Å²) in [4.78, 5) is 15.8. The highest BCUT2D eigenvalue weighted by atomic mass is 16.1. The van der Waals surface area contributed by atoms with Crippen molar-refractivity contribution in [1.29, 1.82) is 0 Å². The third kappa shape index (κ3) is 5.43. The molecule has 0 unspecified atom stereocenters. The predicted octanol–water partition coefficient (Wildman–Crippen LogP) is 2.37. The van der Waals surface area contributed by atoms with Crippen molar-refractivity contribution in [2.24, 2.45) is 5.73 Å². The number of piperidine rings is 1. The molecule has 122 valence electrons. The van der Waals surface area contributed by atoms with Gasteiger partial charge in [0.25, 0.3) is 0 Å². The molecule has 4 heteroatoms. The summed E-state index contributed by atoms with van der Waals surface area (Å²) in [5, 5.41) is 0. The summed E-state index contributed by atoms with van der Waals surface area (Å²) in [6.45, 7) is 8.76. The number of nitrogens with two attached hydrogens (primary N) is 1. The maximum absolute atomic E-state index is 11.2. The van der Waals surface area contributed by atoms with E-state index in [9.17, 15) is 4.79 Å². The molecule has 2 N–H and O–H groups in total. The minimum Gasteiger partial charge on any atom is -0.369 e. The Morgan fingerprint density at radius 3 is 2.27 bits per heavy atom. The van der Waals surface area contributed by atoms with Crippen molar-refractivity contribution in [3.05, 3.63) is 35.4 Å². The van der Waals surface area contributed by atoms with Gasteiger partial charge in [0.15, 0.2) is 0 Å². The van der Waals surface area contributed by atoms with Crippen molar-refractivity contribution in [3.8, 4) is 0 Å². The predicted molar refractivity (Wildman–Crippen MR) is 90.3 cm³/mol. The fourth-order valence-corrected chi connectivity index (χ4v) is 2.98. The van der Waals surface area contributed by atoms with Gasteiger partial charge in [-0.2, -0.15) is 0 Å². The van der Waals surface area contributed by atoms with Crippen LogP contribution in [-0.4, -0.2) is 41.4 Å². The van der Waals surface area contributed by atoms with Crippen LogP contribution in [0.3, 0.4) is 0 Å². The lowest BCUT2D eigenvalue weighted by atomic mass is 10.1. The molecule has 1 amide bonds. The molecule has 0 radical (unpaired) electrons. The van der Waals surface area contributed by atoms with Crippen LogP contribution < -0.4 is 5.73 Å². The number of primary amides is 1. The molecular weight excluding hydrogens is 274 g/mol. The van der Waals surface area contributed by atoms with Crippen molar-refractivity contribution in [2.45, 2.75) is 52.2 Å². The smallest absolute Gasteiger partial charge is 0.231 e. The standard InChI is InChI=1S/C18H29N3O/c1-15(2)21(14-18(19)22)13-17-8-6-16(7-9-17)12-20-10-4-3-5-11-20/h6-9,15H,3-5,10-14H2,1-2H3,(H2,19,22). The van der Waals surface area contributed by atoms with Crippen LogP contribution in [0.1, 0.15) is 44.2 Å². The van der Waals surface area contributed by atoms with Crippen molar-refractivity contribution in [2.75, 3.05) is 19.6 Å². The minimum atomic E-state index is -0.268. The maximum atomic E-state index is 11.2. The van der Waals surface area contributed by atoms with Gasteiger partial charge in [0, 0.05) is 19.1 Å². The molecule has 1 aromatic carbocycles. The molecule has 1 saturated heterocycles. The van der Waals surface area contributed by atoms with E-state index in [1.165, 1.54) is 43.5 Å². The van der Waals surface area contributed by atoms with E-state index in [1.807, 2.05) is 0 Å². The van der Waals surface area contributed by atoms with E-state index in [0.29, 0.717) is 12.6 Å². The molecule has 1 heterocycles. The van der Waals surface area contributed by atoms with Gasteiger partial charge in [-0.25, -0.2) is 0 Å². The number of hydrogen-bond acceptors (Lipinski definition) is 3. The monoisotopic (exact) mass is 303 g/mol. The molecule has 1 aliphatic heterocycles. The summed E-state index contributed by atoms with van der Waals surface area (Å²) < 4.78 is 0. The first kappa shape index (κ1) is 17.0. The number of hydrogen-bond donors (Lipinski definition) is 1. The molecule has 0 aliphatic carbocycles. The van der Waals surface area contributed by atoms with Crippen LogP contribution in [-0.2, 0) is 17.9 Å². The molecule has 0 spiro atoms. The Kier molecular flexibility index (Phi) is 6.40. The second kappa shape index (κ2) is 8.30. The molecule has 1 fully saturated rings. The summed E-state index contributed by atoms with van der Waals surface area (Å²) in [6.07, 6.45) is 4.03. The van der Waals surface area contributed by atoms with Crippen molar-refractivity contribution >= 4 is 5.91 Å². The third-order valence-electron chi connectivity index (χ3n) is 4.35. The number of carbonyl (C=O) groups is 1. The van der Waals surface area contributed by atoms with Crippen LogP contribution in [0.5, 0.6) is 0 Å². The minimum absolute atomic E-state index is 0.268. The zero-order valence-electron chi connectivity index (χ0n) is 13.9. The van der Waals surface area contributed by atoms with Gasteiger partial charge in [-0.1, -0.05) is 30.7 Å². The summed E-state index contributed by atoms with van der Waals surface area (Å²) in [7, 11) is 0. The number of carbonyl (C=O) groups excluding carboxylic acids is 1. The first-order valence-corrected chi connectivity index (χ1v) is 8.37. The van der Waals surface area contributed by atoms with Crippen LogP contribution in [0.4, 0.5) is 0 Å². The van der Waals surface area contributed by atoms with Crippen LogP contribution in [0, 0.1) is 0 Å². The van der Waals surface area contributed by atoms with Gasteiger partial charge in [-0.05, 0) is 50.9 Å². The van der Waals surface area contributed by atoms with Crippen LogP contribution in [0.25, 0.3) is 0 Å². The lowest BCUT2D eigenvalue weighted by Gasteiger charge is -2.27. The van der Waals surface area contributed by atoms with Gasteiger partial charge in [0.05, 0.1) is 6.54 Å². The maximum Gasteiger partial charge on any atom is 0.231 e. The highest BCUT2D eigenvalue weighted by Gasteiger charge is 2.13. The zero-order chi connectivity index (χ0) is 15.9. The average molecular weight is 303 g/mol. The topological polar surface area (TPSA) is 49.6 Å². The molecular formula is C18H29N3O. The van der Waals surface area contributed by atoms with Crippen molar-refractivity contribution in [1.82, 2.24) is 9.80 Å². The number of nitrogens with zero attached hydrogens (tertiary/aromatic N) is 2. The summed E-state index contributed by atoms with van der Waals surface area (Å²) in [5.74, 6) is -0.268. The van der Waals surface area contributed by atoms with Crippen LogP contribution >= 0.6 is 0 Å². The van der Waals surface area contributed by atoms with E-state index in [-0.39, 0.29) is 5.91 Å². The third-order valence-corrected chi connectivity index (χ3v) is 4.35. The first-order chi connectivity index (χ1) is 10.5. The van der Waals surface area contributed by atoms with Gasteiger partial charge in [-0.15, -0.1) is 0 Å². The van der Waals surface area contributed by atoms with E-state index in [0.717, 1.165) is 13.1 Å². The lowest BCUT2D eigenvalue weighted by molar-refractivity contribution is -0.119. The van der Waals surface area contributed by atoms with E-state index in [1.54, 1.807) is 0 Å². The Bertz CT molecular complexity index is 464. The highest BCUT2D eigenvalue weighted by Crippen LogP contribution is 2.15. The molecule has 0 atom stereocenters. The molecule has 0 saturated carbocycles. The van der Waals surface area contributed by atoms with E-state index in [2.05, 4.69) is 47.9 Å². The zero-order valence-corrected chi connectivity index (χ0v) is 13.9. The average Bonchev–Trinajstić information content (AvgIpc) is 2.49. The molecule has 0 bridgehead atoms. The van der Waals surface area contributed by atoms with Crippen molar-refractivity contribution < 1.29 is 4.79 Å². The number of rotatable bonds is 7. The molecule has 1 aliphatic rings. The molecule has 2 rings (SSSR count). The highest BCUT2D eigenvalue weighted by molar-refractivity contribution is 5.75. The molecule has 4 nitrogen and oxygen atoms in total. The van der Waals surface area contributed by atoms with Gasteiger partial charge in [0.2, 0.25) is 5.91 Å². The molecule has 1 aromatic rings. The summed E-state index contributed by atoms with van der Waals surface area (Å²) in [5.41, 5.74) is 7.93. The lowest BCUT2D eigenvalue weighted by Crippen LogP contribution is -2.37. The first-order valence-electron chi connectivity index (χ1n) is 8.37. The van der Waals surface area contributed by atoms with Crippen molar-refractivity contribution in [3.63, 3.8) is 0 Å². The Hall–Kier alpha value is -1.39. The van der Waals surface area contributed by atoms with Gasteiger partial charge >= 0.3 is 0 Å². The van der Waals surface area contributed by atoms with E-state index in [4.69, 9.17) is 5.73 Å². The molecule has 22 heavy (non-hydrogen) atoms. The normalized spacial score (nSPS) is 16.4. The second-order valence-corrected chi connectivity index (χ2v) is 6.62. The Morgan fingerprint density at radius 2 is 1.73 bits per heavy atom. The number of likely N-dealkylation sites (tertiary alicyclic amines) is 1. The molecule has 0 aromatic heterocycles. The van der Waals surface area contributed by atoms with Crippen LogP contribution in [0.15, 0.2) is 24.3 Å².